The monoisotopic (exact) mass is 345 g/mol. The Bertz CT molecular complexity index is 818. The number of fused-ring (bicyclic) bond motifs is 1. The van der Waals surface area contributed by atoms with Crippen molar-refractivity contribution in [2.24, 2.45) is 11.1 Å². The second kappa shape index (κ2) is 5.20. The van der Waals surface area contributed by atoms with Crippen molar-refractivity contribution in [1.82, 2.24) is 4.98 Å². The molecule has 1 aliphatic rings. The van der Waals surface area contributed by atoms with Crippen molar-refractivity contribution in [3.05, 3.63) is 23.2 Å². The van der Waals surface area contributed by atoms with E-state index in [1.54, 1.807) is 18.2 Å². The van der Waals surface area contributed by atoms with Crippen LogP contribution in [-0.2, 0) is 14.8 Å². The number of nitrogens with two attached hydrogens (primary N) is 1. The molecule has 1 aromatic heterocycles. The van der Waals surface area contributed by atoms with Crippen molar-refractivity contribution in [3.63, 3.8) is 0 Å². The highest BCUT2D eigenvalue weighted by atomic mass is 35.5. The third-order valence-corrected chi connectivity index (χ3v) is 5.46. The molecule has 1 aliphatic heterocycles. The first-order valence-electron chi connectivity index (χ1n) is 6.19. The molecule has 21 heavy (non-hydrogen) atoms. The zero-order valence-corrected chi connectivity index (χ0v) is 13.2. The molecule has 1 fully saturated rings. The van der Waals surface area contributed by atoms with Crippen molar-refractivity contribution in [2.45, 2.75) is 6.42 Å². The lowest BCUT2D eigenvalue weighted by atomic mass is 10.1. The van der Waals surface area contributed by atoms with Gasteiger partial charge in [-0.3, -0.25) is 9.69 Å². The van der Waals surface area contributed by atoms with Crippen molar-refractivity contribution in [1.29, 1.82) is 0 Å². The van der Waals surface area contributed by atoms with E-state index < -0.39 is 10.0 Å². The van der Waals surface area contributed by atoms with Crippen LogP contribution in [0.15, 0.2) is 18.2 Å². The summed E-state index contributed by atoms with van der Waals surface area (Å²) in [5.41, 5.74) is 0.766. The summed E-state index contributed by atoms with van der Waals surface area (Å²) in [6, 6.07) is 5.32. The van der Waals surface area contributed by atoms with Gasteiger partial charge in [0.25, 0.3) is 0 Å². The van der Waals surface area contributed by atoms with Gasteiger partial charge in [-0.2, -0.15) is 0 Å². The number of benzene rings is 1. The van der Waals surface area contributed by atoms with Crippen LogP contribution in [0.4, 0.5) is 5.13 Å². The molecule has 112 valence electrons. The topological polar surface area (TPSA) is 93.4 Å². The molecule has 0 spiro atoms. The Balaban J connectivity index is 1.87. The number of carbonyl (C=O) groups excluding carboxylic acids is 1. The van der Waals surface area contributed by atoms with E-state index in [0.717, 1.165) is 10.2 Å². The van der Waals surface area contributed by atoms with E-state index in [1.807, 2.05) is 0 Å². The molecule has 1 unspecified atom stereocenters. The van der Waals surface area contributed by atoms with E-state index in [9.17, 15) is 13.2 Å². The zero-order chi connectivity index (χ0) is 15.2. The minimum absolute atomic E-state index is 0.131. The molecule has 1 aromatic carbocycles. The molecule has 0 aliphatic carbocycles. The number of anilines is 1. The molecule has 0 bridgehead atoms. The number of hydrogen-bond acceptors (Lipinski definition) is 5. The number of carbonyl (C=O) groups is 1. The Morgan fingerprint density at radius 2 is 2.24 bits per heavy atom. The molecule has 0 radical (unpaired) electrons. The lowest BCUT2D eigenvalue weighted by Crippen LogP contribution is -2.27. The SMILES string of the molecule is NS(=O)(=O)CC1CC(=O)N(c2nc3ccc(Cl)cc3s2)C1. The van der Waals surface area contributed by atoms with Crippen molar-refractivity contribution >= 4 is 54.2 Å². The average Bonchev–Trinajstić information content (AvgIpc) is 2.89. The Labute approximate surface area is 130 Å². The van der Waals surface area contributed by atoms with Gasteiger partial charge >= 0.3 is 0 Å². The number of amides is 1. The minimum atomic E-state index is -3.58. The first kappa shape index (κ1) is 14.7. The summed E-state index contributed by atoms with van der Waals surface area (Å²) in [7, 11) is -3.58. The fourth-order valence-corrected chi connectivity index (χ4v) is 4.56. The highest BCUT2D eigenvalue weighted by molar-refractivity contribution is 7.89. The van der Waals surface area contributed by atoms with Crippen LogP contribution in [0.25, 0.3) is 10.2 Å². The molecule has 3 rings (SSSR count). The van der Waals surface area contributed by atoms with E-state index in [2.05, 4.69) is 4.98 Å². The van der Waals surface area contributed by atoms with Gasteiger partial charge in [-0.15, -0.1) is 0 Å². The van der Waals surface area contributed by atoms with Crippen LogP contribution in [0.3, 0.4) is 0 Å². The van der Waals surface area contributed by atoms with Crippen LogP contribution < -0.4 is 10.0 Å². The number of thiazole rings is 1. The van der Waals surface area contributed by atoms with Gasteiger partial charge in [-0.05, 0) is 18.2 Å². The molecule has 2 heterocycles. The van der Waals surface area contributed by atoms with Crippen LogP contribution in [0.5, 0.6) is 0 Å². The van der Waals surface area contributed by atoms with Crippen molar-refractivity contribution in [2.75, 3.05) is 17.2 Å². The molecule has 2 N–H and O–H groups in total. The van der Waals surface area contributed by atoms with Crippen LogP contribution in [-0.4, -0.2) is 31.6 Å². The van der Waals surface area contributed by atoms with Gasteiger partial charge in [0.15, 0.2) is 5.13 Å². The highest BCUT2D eigenvalue weighted by Crippen LogP contribution is 2.34. The summed E-state index contributed by atoms with van der Waals surface area (Å²) in [5, 5.41) is 6.21. The Morgan fingerprint density at radius 1 is 1.48 bits per heavy atom. The summed E-state index contributed by atoms with van der Waals surface area (Å²) in [4.78, 5) is 18.0. The van der Waals surface area contributed by atoms with Crippen LogP contribution in [0.1, 0.15) is 6.42 Å². The van der Waals surface area contributed by atoms with Crippen LogP contribution in [0.2, 0.25) is 5.02 Å². The standard InChI is InChI=1S/C12H12ClN3O3S2/c13-8-1-2-9-10(4-8)20-12(15-9)16-5-7(3-11(16)17)6-21(14,18)19/h1-2,4,7H,3,5-6H2,(H2,14,18,19). The summed E-state index contributed by atoms with van der Waals surface area (Å²) >= 11 is 7.29. The van der Waals surface area contributed by atoms with E-state index in [0.29, 0.717) is 16.7 Å². The molecule has 9 heteroatoms. The summed E-state index contributed by atoms with van der Waals surface area (Å²) < 4.78 is 23.2. The van der Waals surface area contributed by atoms with Crippen molar-refractivity contribution < 1.29 is 13.2 Å². The van der Waals surface area contributed by atoms with Crippen LogP contribution >= 0.6 is 22.9 Å². The van der Waals surface area contributed by atoms with Gasteiger partial charge in [0.2, 0.25) is 15.9 Å². The molecule has 1 saturated heterocycles. The maximum Gasteiger partial charge on any atom is 0.229 e. The molecule has 1 atom stereocenters. The molecule has 2 aromatic rings. The number of aromatic nitrogens is 1. The number of rotatable bonds is 3. The second-order valence-corrected chi connectivity index (χ2v) is 8.12. The lowest BCUT2D eigenvalue weighted by Gasteiger charge is -2.12. The van der Waals surface area contributed by atoms with E-state index in [1.165, 1.54) is 16.2 Å². The molecular weight excluding hydrogens is 334 g/mol. The first-order valence-corrected chi connectivity index (χ1v) is 9.10. The smallest absolute Gasteiger partial charge is 0.229 e. The Hall–Kier alpha value is -1.22. The number of nitrogens with zero attached hydrogens (tertiary/aromatic N) is 2. The molecule has 1 amide bonds. The largest absolute Gasteiger partial charge is 0.288 e. The van der Waals surface area contributed by atoms with Gasteiger partial charge in [0, 0.05) is 23.9 Å². The van der Waals surface area contributed by atoms with E-state index in [4.69, 9.17) is 16.7 Å². The maximum absolute atomic E-state index is 12.0. The number of primary sulfonamides is 1. The van der Waals surface area contributed by atoms with Gasteiger partial charge in [-0.1, -0.05) is 22.9 Å². The molecule has 6 nitrogen and oxygen atoms in total. The van der Waals surface area contributed by atoms with Gasteiger partial charge < -0.3 is 0 Å². The third-order valence-electron chi connectivity index (χ3n) is 3.24. The number of sulfonamides is 1. The fourth-order valence-electron chi connectivity index (χ4n) is 2.41. The highest BCUT2D eigenvalue weighted by Gasteiger charge is 2.34. The Morgan fingerprint density at radius 3 is 2.95 bits per heavy atom. The second-order valence-electron chi connectivity index (χ2n) is 5.01. The quantitative estimate of drug-likeness (QED) is 0.914. The minimum Gasteiger partial charge on any atom is -0.288 e. The summed E-state index contributed by atoms with van der Waals surface area (Å²) in [5.74, 6) is -0.608. The third kappa shape index (κ3) is 3.18. The number of halogens is 1. The molecular formula is C12H12ClN3O3S2. The average molecular weight is 346 g/mol. The van der Waals surface area contributed by atoms with E-state index in [-0.39, 0.29) is 24.0 Å². The van der Waals surface area contributed by atoms with Crippen LogP contribution in [0, 0.1) is 5.92 Å². The molecule has 0 saturated carbocycles. The normalized spacial score (nSPS) is 19.6. The predicted octanol–water partition coefficient (Wildman–Crippen LogP) is 1.59. The predicted molar refractivity (Wildman–Crippen MR) is 83.1 cm³/mol. The number of hydrogen-bond donors (Lipinski definition) is 1. The summed E-state index contributed by atoms with van der Waals surface area (Å²) in [6.45, 7) is 0.322. The van der Waals surface area contributed by atoms with Gasteiger partial charge in [0.05, 0.1) is 16.0 Å². The van der Waals surface area contributed by atoms with Gasteiger partial charge in [0.1, 0.15) is 0 Å². The first-order chi connectivity index (χ1) is 9.82. The van der Waals surface area contributed by atoms with Crippen molar-refractivity contribution in [3.8, 4) is 0 Å². The zero-order valence-electron chi connectivity index (χ0n) is 10.8. The van der Waals surface area contributed by atoms with Gasteiger partial charge in [-0.25, -0.2) is 18.5 Å². The lowest BCUT2D eigenvalue weighted by molar-refractivity contribution is -0.117. The fraction of sp³-hybridized carbons (Fsp3) is 0.333. The van der Waals surface area contributed by atoms with E-state index >= 15 is 0 Å². The maximum atomic E-state index is 12.0. The Kier molecular flexibility index (Phi) is 3.64. The summed E-state index contributed by atoms with van der Waals surface area (Å²) in [6.07, 6.45) is 0.174.